The molecule has 0 aliphatic heterocycles. The molecule has 0 saturated carbocycles. The van der Waals surface area contributed by atoms with E-state index < -0.39 is 0 Å². The van der Waals surface area contributed by atoms with Crippen LogP contribution < -0.4 is 5.73 Å². The molecule has 0 radical (unpaired) electrons. The Morgan fingerprint density at radius 2 is 2.06 bits per heavy atom. The maximum Gasteiger partial charge on any atom is 0.211 e. The normalized spacial score (nSPS) is 10.0. The summed E-state index contributed by atoms with van der Waals surface area (Å²) < 4.78 is 0. The van der Waals surface area contributed by atoms with Crippen LogP contribution in [0.5, 0.6) is 5.75 Å². The molecule has 0 bridgehead atoms. The number of phenols is 1. The van der Waals surface area contributed by atoms with E-state index in [2.05, 4.69) is 4.98 Å². The van der Waals surface area contributed by atoms with Gasteiger partial charge in [-0.05, 0) is 30.3 Å². The van der Waals surface area contributed by atoms with E-state index in [1.54, 1.807) is 24.4 Å². The van der Waals surface area contributed by atoms with Crippen molar-refractivity contribution < 1.29 is 9.90 Å². The number of aromatic hydroxyl groups is 1. The highest BCUT2D eigenvalue weighted by Gasteiger charge is 2.11. The molecule has 0 amide bonds. The second-order valence-electron chi connectivity index (χ2n) is 3.32. The standard InChI is InChI=1S/C12H10N2O2/c13-9-7-8(4-5-11(9)15)12(16)10-3-1-2-6-14-10/h1-7,15H,13H2. The summed E-state index contributed by atoms with van der Waals surface area (Å²) in [5.74, 6) is -0.245. The molecule has 0 aliphatic rings. The third-order valence-electron chi connectivity index (χ3n) is 2.19. The Morgan fingerprint density at radius 1 is 1.25 bits per heavy atom. The number of nitrogen functional groups attached to an aromatic ring is 1. The third kappa shape index (κ3) is 1.86. The fourth-order valence-corrected chi connectivity index (χ4v) is 1.34. The summed E-state index contributed by atoms with van der Waals surface area (Å²) in [5.41, 5.74) is 6.46. The van der Waals surface area contributed by atoms with Crippen LogP contribution in [0.3, 0.4) is 0 Å². The number of rotatable bonds is 2. The lowest BCUT2D eigenvalue weighted by Crippen LogP contribution is -2.04. The molecule has 80 valence electrons. The number of nitrogens with zero attached hydrogens (tertiary/aromatic N) is 1. The Bertz CT molecular complexity index is 524. The summed E-state index contributed by atoms with van der Waals surface area (Å²) in [6.45, 7) is 0. The van der Waals surface area contributed by atoms with E-state index in [0.29, 0.717) is 11.3 Å². The minimum atomic E-state index is -0.215. The van der Waals surface area contributed by atoms with E-state index >= 15 is 0 Å². The van der Waals surface area contributed by atoms with Crippen molar-refractivity contribution in [1.29, 1.82) is 0 Å². The predicted octanol–water partition coefficient (Wildman–Crippen LogP) is 1.60. The molecule has 1 heterocycles. The lowest BCUT2D eigenvalue weighted by molar-refractivity contribution is 0.103. The van der Waals surface area contributed by atoms with E-state index in [4.69, 9.17) is 5.73 Å². The molecule has 4 nitrogen and oxygen atoms in total. The number of benzene rings is 1. The van der Waals surface area contributed by atoms with Crippen molar-refractivity contribution in [3.05, 3.63) is 53.9 Å². The molecule has 0 aliphatic carbocycles. The van der Waals surface area contributed by atoms with Crippen LogP contribution >= 0.6 is 0 Å². The van der Waals surface area contributed by atoms with Gasteiger partial charge >= 0.3 is 0 Å². The van der Waals surface area contributed by atoms with Crippen molar-refractivity contribution in [2.24, 2.45) is 0 Å². The molecule has 0 unspecified atom stereocenters. The van der Waals surface area contributed by atoms with Crippen LogP contribution in [0.15, 0.2) is 42.6 Å². The van der Waals surface area contributed by atoms with Crippen molar-refractivity contribution in [2.75, 3.05) is 5.73 Å². The number of phenolic OH excluding ortho intramolecular Hbond substituents is 1. The maximum absolute atomic E-state index is 11.9. The van der Waals surface area contributed by atoms with Gasteiger partial charge in [-0.15, -0.1) is 0 Å². The highest BCUT2D eigenvalue weighted by atomic mass is 16.3. The zero-order valence-electron chi connectivity index (χ0n) is 8.42. The number of ketones is 1. The lowest BCUT2D eigenvalue weighted by Gasteiger charge is -2.02. The fourth-order valence-electron chi connectivity index (χ4n) is 1.34. The number of hydrogen-bond acceptors (Lipinski definition) is 4. The SMILES string of the molecule is Nc1cc(C(=O)c2ccccn2)ccc1O. The van der Waals surface area contributed by atoms with Gasteiger partial charge in [0, 0.05) is 11.8 Å². The number of carbonyl (C=O) groups is 1. The summed E-state index contributed by atoms with van der Waals surface area (Å²) in [6, 6.07) is 9.46. The number of hydrogen-bond donors (Lipinski definition) is 2. The number of pyridine rings is 1. The quantitative estimate of drug-likeness (QED) is 0.452. The molecule has 1 aromatic heterocycles. The molecule has 16 heavy (non-hydrogen) atoms. The summed E-state index contributed by atoms with van der Waals surface area (Å²) in [4.78, 5) is 15.9. The highest BCUT2D eigenvalue weighted by molar-refractivity contribution is 6.08. The van der Waals surface area contributed by atoms with Crippen LogP contribution in [-0.2, 0) is 0 Å². The number of anilines is 1. The van der Waals surface area contributed by atoms with Crippen molar-refractivity contribution >= 4 is 11.5 Å². The second kappa shape index (κ2) is 4.02. The van der Waals surface area contributed by atoms with Gasteiger partial charge in [0.1, 0.15) is 11.4 Å². The molecule has 2 rings (SSSR count). The van der Waals surface area contributed by atoms with Gasteiger partial charge in [0.2, 0.25) is 5.78 Å². The Hall–Kier alpha value is -2.36. The molecular weight excluding hydrogens is 204 g/mol. The smallest absolute Gasteiger partial charge is 0.211 e. The summed E-state index contributed by atoms with van der Waals surface area (Å²) >= 11 is 0. The van der Waals surface area contributed by atoms with Crippen molar-refractivity contribution in [3.63, 3.8) is 0 Å². The first-order valence-corrected chi connectivity index (χ1v) is 4.72. The van der Waals surface area contributed by atoms with Crippen LogP contribution in [0.4, 0.5) is 5.69 Å². The molecule has 0 spiro atoms. The number of aromatic nitrogens is 1. The second-order valence-corrected chi connectivity index (χ2v) is 3.32. The molecule has 1 aromatic carbocycles. The Labute approximate surface area is 92.4 Å². The topological polar surface area (TPSA) is 76.2 Å². The summed E-state index contributed by atoms with van der Waals surface area (Å²) in [5, 5.41) is 9.24. The van der Waals surface area contributed by atoms with Gasteiger partial charge < -0.3 is 10.8 Å². The van der Waals surface area contributed by atoms with Crippen LogP contribution in [-0.4, -0.2) is 15.9 Å². The zero-order valence-corrected chi connectivity index (χ0v) is 8.42. The first-order valence-electron chi connectivity index (χ1n) is 4.72. The van der Waals surface area contributed by atoms with Gasteiger partial charge in [0.25, 0.3) is 0 Å². The van der Waals surface area contributed by atoms with Gasteiger partial charge in [-0.25, -0.2) is 0 Å². The number of nitrogens with two attached hydrogens (primary N) is 1. The molecule has 0 saturated heterocycles. The van der Waals surface area contributed by atoms with Gasteiger partial charge in [-0.1, -0.05) is 6.07 Å². The van der Waals surface area contributed by atoms with Gasteiger partial charge in [0.15, 0.2) is 0 Å². The van der Waals surface area contributed by atoms with Crippen LogP contribution in [0.25, 0.3) is 0 Å². The molecule has 2 aromatic rings. The minimum Gasteiger partial charge on any atom is -0.506 e. The van der Waals surface area contributed by atoms with Gasteiger partial charge in [-0.3, -0.25) is 9.78 Å². The van der Waals surface area contributed by atoms with E-state index in [9.17, 15) is 9.90 Å². The Morgan fingerprint density at radius 3 is 2.69 bits per heavy atom. The van der Waals surface area contributed by atoms with Crippen molar-refractivity contribution in [1.82, 2.24) is 4.98 Å². The predicted molar refractivity (Wildman–Crippen MR) is 60.2 cm³/mol. The van der Waals surface area contributed by atoms with Gasteiger partial charge in [-0.2, -0.15) is 0 Å². The minimum absolute atomic E-state index is 0.0300. The van der Waals surface area contributed by atoms with E-state index in [0.717, 1.165) is 0 Å². The lowest BCUT2D eigenvalue weighted by atomic mass is 10.1. The molecule has 0 atom stereocenters. The fraction of sp³-hybridized carbons (Fsp3) is 0. The maximum atomic E-state index is 11.9. The van der Waals surface area contributed by atoms with Crippen molar-refractivity contribution in [2.45, 2.75) is 0 Å². The molecular formula is C12H10N2O2. The Kier molecular flexibility index (Phi) is 2.55. The first-order chi connectivity index (χ1) is 7.68. The van der Waals surface area contributed by atoms with Gasteiger partial charge in [0.05, 0.1) is 5.69 Å². The van der Waals surface area contributed by atoms with Crippen LogP contribution in [0.2, 0.25) is 0 Å². The average Bonchev–Trinajstić information content (AvgIpc) is 2.33. The molecule has 3 N–H and O–H groups in total. The number of carbonyl (C=O) groups excluding carboxylic acids is 1. The van der Waals surface area contributed by atoms with E-state index in [-0.39, 0.29) is 17.2 Å². The monoisotopic (exact) mass is 214 g/mol. The van der Waals surface area contributed by atoms with E-state index in [1.165, 1.54) is 18.2 Å². The largest absolute Gasteiger partial charge is 0.506 e. The summed E-state index contributed by atoms with van der Waals surface area (Å²) in [7, 11) is 0. The third-order valence-corrected chi connectivity index (χ3v) is 2.19. The highest BCUT2D eigenvalue weighted by Crippen LogP contribution is 2.21. The molecule has 4 heteroatoms. The van der Waals surface area contributed by atoms with E-state index in [1.807, 2.05) is 0 Å². The average molecular weight is 214 g/mol. The Balaban J connectivity index is 2.39. The van der Waals surface area contributed by atoms with Crippen LogP contribution in [0.1, 0.15) is 16.1 Å². The van der Waals surface area contributed by atoms with Crippen molar-refractivity contribution in [3.8, 4) is 5.75 Å². The molecule has 0 fully saturated rings. The zero-order chi connectivity index (χ0) is 11.5. The van der Waals surface area contributed by atoms with Crippen LogP contribution in [0, 0.1) is 0 Å². The summed E-state index contributed by atoms with van der Waals surface area (Å²) in [6.07, 6.45) is 1.55. The first kappa shape index (κ1) is 10.2.